The van der Waals surface area contributed by atoms with Crippen LogP contribution >= 0.6 is 0 Å². The van der Waals surface area contributed by atoms with Crippen LogP contribution in [0.15, 0.2) is 77.7 Å². The third kappa shape index (κ3) is 4.41. The van der Waals surface area contributed by atoms with Crippen LogP contribution in [0, 0.1) is 0 Å². The monoisotopic (exact) mass is 383 g/mol. The Balaban J connectivity index is 1.90. The molecule has 0 radical (unpaired) electrons. The fourth-order valence-electron chi connectivity index (χ4n) is 2.78. The highest BCUT2D eigenvalue weighted by Gasteiger charge is 2.18. The molecule has 3 aromatic carbocycles. The molecule has 0 aliphatic carbocycles. The van der Waals surface area contributed by atoms with Gasteiger partial charge in [-0.2, -0.15) is 0 Å². The molecule has 0 heterocycles. The first-order chi connectivity index (χ1) is 13.0. The number of hydrogen-bond acceptors (Lipinski definition) is 4. The minimum Gasteiger partial charge on any atom is -0.493 e. The van der Waals surface area contributed by atoms with E-state index in [1.54, 1.807) is 18.2 Å². The lowest BCUT2D eigenvalue weighted by molar-refractivity contribution is 0.354. The Morgan fingerprint density at radius 3 is 2.19 bits per heavy atom. The van der Waals surface area contributed by atoms with E-state index in [9.17, 15) is 8.42 Å². The molecule has 0 fully saturated rings. The molecule has 3 aromatic rings. The van der Waals surface area contributed by atoms with Gasteiger partial charge in [0.25, 0.3) is 10.0 Å². The van der Waals surface area contributed by atoms with Crippen molar-refractivity contribution in [3.05, 3.63) is 83.9 Å². The van der Waals surface area contributed by atoms with E-state index >= 15 is 0 Å². The van der Waals surface area contributed by atoms with Gasteiger partial charge < -0.3 is 9.47 Å². The number of hydrogen-bond donors (Lipinski definition) is 1. The molecule has 3 rings (SSSR count). The molecule has 0 atom stereocenters. The van der Waals surface area contributed by atoms with E-state index in [1.807, 2.05) is 42.5 Å². The van der Waals surface area contributed by atoms with Gasteiger partial charge in [-0.15, -0.1) is 0 Å². The summed E-state index contributed by atoms with van der Waals surface area (Å²) in [6.07, 6.45) is 0.630. The van der Waals surface area contributed by atoms with Gasteiger partial charge in [0, 0.05) is 6.07 Å². The third-order valence-corrected chi connectivity index (χ3v) is 5.53. The maximum Gasteiger partial charge on any atom is 0.262 e. The highest BCUT2D eigenvalue weighted by Crippen LogP contribution is 2.30. The standard InChI is InChI=1S/C21H21NO4S/c1-25-20-13-12-18(15-21(20)26-2)27(23,24)22-19-11-7-6-10-17(19)14-16-8-4-3-5-9-16/h3-13,15,22H,14H2,1-2H3. The average Bonchev–Trinajstić information content (AvgIpc) is 2.69. The van der Waals surface area contributed by atoms with Gasteiger partial charge >= 0.3 is 0 Å². The van der Waals surface area contributed by atoms with Crippen molar-refractivity contribution in [2.75, 3.05) is 18.9 Å². The Labute approximate surface area is 159 Å². The molecular weight excluding hydrogens is 362 g/mol. The van der Waals surface area contributed by atoms with Crippen LogP contribution in [0.2, 0.25) is 0 Å². The van der Waals surface area contributed by atoms with E-state index in [0.29, 0.717) is 23.6 Å². The minimum atomic E-state index is -3.77. The molecule has 1 N–H and O–H groups in total. The largest absolute Gasteiger partial charge is 0.493 e. The van der Waals surface area contributed by atoms with Crippen molar-refractivity contribution in [2.24, 2.45) is 0 Å². The molecule has 0 unspecified atom stereocenters. The second kappa shape index (κ2) is 8.14. The number of para-hydroxylation sites is 1. The first kappa shape index (κ1) is 18.8. The van der Waals surface area contributed by atoms with Crippen molar-refractivity contribution in [3.63, 3.8) is 0 Å². The second-order valence-electron chi connectivity index (χ2n) is 5.94. The van der Waals surface area contributed by atoms with E-state index in [0.717, 1.165) is 11.1 Å². The number of nitrogens with one attached hydrogen (secondary N) is 1. The highest BCUT2D eigenvalue weighted by atomic mass is 32.2. The Kier molecular flexibility index (Phi) is 5.66. The summed E-state index contributed by atoms with van der Waals surface area (Å²) in [6, 6.07) is 21.8. The Morgan fingerprint density at radius 1 is 0.815 bits per heavy atom. The van der Waals surface area contributed by atoms with Gasteiger partial charge in [-0.05, 0) is 35.7 Å². The average molecular weight is 383 g/mol. The van der Waals surface area contributed by atoms with Crippen LogP contribution in [-0.2, 0) is 16.4 Å². The first-order valence-corrected chi connectivity index (χ1v) is 9.88. The van der Waals surface area contributed by atoms with Crippen molar-refractivity contribution in [1.82, 2.24) is 0 Å². The summed E-state index contributed by atoms with van der Waals surface area (Å²) in [6.45, 7) is 0. The van der Waals surface area contributed by atoms with Gasteiger partial charge in [0.15, 0.2) is 11.5 Å². The lowest BCUT2D eigenvalue weighted by atomic mass is 10.0. The number of rotatable bonds is 7. The molecule has 6 heteroatoms. The van der Waals surface area contributed by atoms with E-state index in [1.165, 1.54) is 26.4 Å². The SMILES string of the molecule is COc1ccc(S(=O)(=O)Nc2ccccc2Cc2ccccc2)cc1OC. The fourth-order valence-corrected chi connectivity index (χ4v) is 3.89. The summed E-state index contributed by atoms with van der Waals surface area (Å²) in [5.74, 6) is 0.832. The number of ether oxygens (including phenoxy) is 2. The Bertz CT molecular complexity index is 1020. The summed E-state index contributed by atoms with van der Waals surface area (Å²) >= 11 is 0. The summed E-state index contributed by atoms with van der Waals surface area (Å²) < 4.78 is 38.8. The number of methoxy groups -OCH3 is 2. The molecule has 5 nitrogen and oxygen atoms in total. The van der Waals surface area contributed by atoms with Crippen LogP contribution in [0.1, 0.15) is 11.1 Å². The summed E-state index contributed by atoms with van der Waals surface area (Å²) in [4.78, 5) is 0.106. The summed E-state index contributed by atoms with van der Waals surface area (Å²) in [5, 5.41) is 0. The van der Waals surface area contributed by atoms with Crippen molar-refractivity contribution in [3.8, 4) is 11.5 Å². The highest BCUT2D eigenvalue weighted by molar-refractivity contribution is 7.92. The van der Waals surface area contributed by atoms with Crippen LogP contribution in [0.25, 0.3) is 0 Å². The number of anilines is 1. The molecular formula is C21H21NO4S. The maximum atomic E-state index is 12.9. The predicted molar refractivity (Wildman–Crippen MR) is 106 cm³/mol. The summed E-state index contributed by atoms with van der Waals surface area (Å²) in [7, 11) is -0.798. The molecule has 0 saturated carbocycles. The summed E-state index contributed by atoms with van der Waals surface area (Å²) in [5.41, 5.74) is 2.55. The normalized spacial score (nSPS) is 11.0. The molecule has 0 aromatic heterocycles. The Hall–Kier alpha value is -2.99. The second-order valence-corrected chi connectivity index (χ2v) is 7.62. The lowest BCUT2D eigenvalue weighted by Gasteiger charge is -2.14. The quantitative estimate of drug-likeness (QED) is 0.667. The molecule has 0 aliphatic heterocycles. The van der Waals surface area contributed by atoms with E-state index in [2.05, 4.69) is 4.72 Å². The molecule has 0 aliphatic rings. The molecule has 27 heavy (non-hydrogen) atoms. The maximum absolute atomic E-state index is 12.9. The number of sulfonamides is 1. The van der Waals surface area contributed by atoms with E-state index in [-0.39, 0.29) is 4.90 Å². The lowest BCUT2D eigenvalue weighted by Crippen LogP contribution is -2.14. The number of benzene rings is 3. The zero-order valence-corrected chi connectivity index (χ0v) is 16.0. The van der Waals surface area contributed by atoms with Gasteiger partial charge in [0.05, 0.1) is 24.8 Å². The smallest absolute Gasteiger partial charge is 0.262 e. The van der Waals surface area contributed by atoms with Crippen molar-refractivity contribution < 1.29 is 17.9 Å². The zero-order valence-electron chi connectivity index (χ0n) is 15.2. The predicted octanol–water partition coefficient (Wildman–Crippen LogP) is 4.10. The van der Waals surface area contributed by atoms with Crippen LogP contribution in [0.3, 0.4) is 0 Å². The van der Waals surface area contributed by atoms with Gasteiger partial charge in [0.1, 0.15) is 0 Å². The van der Waals surface area contributed by atoms with Crippen LogP contribution in [0.5, 0.6) is 11.5 Å². The fraction of sp³-hybridized carbons (Fsp3) is 0.143. The van der Waals surface area contributed by atoms with Gasteiger partial charge in [0.2, 0.25) is 0 Å². The van der Waals surface area contributed by atoms with Crippen LogP contribution in [0.4, 0.5) is 5.69 Å². The molecule has 0 bridgehead atoms. The van der Waals surface area contributed by atoms with Gasteiger partial charge in [-0.1, -0.05) is 48.5 Å². The molecule has 140 valence electrons. The molecule has 0 amide bonds. The van der Waals surface area contributed by atoms with Crippen LogP contribution in [-0.4, -0.2) is 22.6 Å². The molecule has 0 saturated heterocycles. The van der Waals surface area contributed by atoms with Crippen molar-refractivity contribution in [2.45, 2.75) is 11.3 Å². The first-order valence-electron chi connectivity index (χ1n) is 8.40. The van der Waals surface area contributed by atoms with Crippen LogP contribution < -0.4 is 14.2 Å². The van der Waals surface area contributed by atoms with E-state index < -0.39 is 10.0 Å². The third-order valence-electron chi connectivity index (χ3n) is 4.16. The Morgan fingerprint density at radius 2 is 1.48 bits per heavy atom. The van der Waals surface area contributed by atoms with Crippen molar-refractivity contribution >= 4 is 15.7 Å². The molecule has 0 spiro atoms. The zero-order chi connectivity index (χ0) is 19.3. The minimum absolute atomic E-state index is 0.106. The van der Waals surface area contributed by atoms with Crippen molar-refractivity contribution in [1.29, 1.82) is 0 Å². The van der Waals surface area contributed by atoms with E-state index in [4.69, 9.17) is 9.47 Å². The van der Waals surface area contributed by atoms with Gasteiger partial charge in [-0.25, -0.2) is 8.42 Å². The van der Waals surface area contributed by atoms with Gasteiger partial charge in [-0.3, -0.25) is 4.72 Å². The topological polar surface area (TPSA) is 64.6 Å².